The Hall–Kier alpha value is -2.94. The van der Waals surface area contributed by atoms with Gasteiger partial charge in [-0.1, -0.05) is 17.3 Å². The maximum atomic E-state index is 12.7. The van der Waals surface area contributed by atoms with E-state index in [-0.39, 0.29) is 30.4 Å². The number of methoxy groups -OCH3 is 2. The lowest BCUT2D eigenvalue weighted by Gasteiger charge is -2.25. The second-order valence-corrected chi connectivity index (χ2v) is 8.44. The molecule has 4 rings (SSSR count). The van der Waals surface area contributed by atoms with Crippen LogP contribution >= 0.6 is 0 Å². The van der Waals surface area contributed by atoms with Crippen molar-refractivity contribution >= 4 is 11.8 Å². The molecular weight excluding hydrogens is 400 g/mol. The van der Waals surface area contributed by atoms with E-state index in [1.165, 1.54) is 7.11 Å². The lowest BCUT2D eigenvalue weighted by Crippen LogP contribution is -2.40. The van der Waals surface area contributed by atoms with Gasteiger partial charge in [0.2, 0.25) is 17.7 Å². The summed E-state index contributed by atoms with van der Waals surface area (Å²) in [6.07, 6.45) is 1.72. The molecule has 2 amide bonds. The summed E-state index contributed by atoms with van der Waals surface area (Å²) < 4.78 is 15.7. The summed E-state index contributed by atoms with van der Waals surface area (Å²) in [7, 11) is 3.13. The van der Waals surface area contributed by atoms with E-state index >= 15 is 0 Å². The maximum absolute atomic E-state index is 12.7. The van der Waals surface area contributed by atoms with Crippen molar-refractivity contribution in [3.8, 4) is 5.75 Å². The zero-order valence-corrected chi connectivity index (χ0v) is 18.1. The van der Waals surface area contributed by atoms with Crippen LogP contribution in [0.2, 0.25) is 0 Å². The van der Waals surface area contributed by atoms with E-state index in [4.69, 9.17) is 14.0 Å². The predicted molar refractivity (Wildman–Crippen MR) is 111 cm³/mol. The van der Waals surface area contributed by atoms with Gasteiger partial charge in [-0.15, -0.1) is 0 Å². The van der Waals surface area contributed by atoms with Crippen molar-refractivity contribution in [2.24, 2.45) is 5.92 Å². The minimum atomic E-state index is -0.442. The van der Waals surface area contributed by atoms with Crippen LogP contribution in [0.3, 0.4) is 0 Å². The predicted octanol–water partition coefficient (Wildman–Crippen LogP) is 1.25. The zero-order chi connectivity index (χ0) is 22.0. The van der Waals surface area contributed by atoms with Crippen LogP contribution in [-0.4, -0.2) is 66.8 Å². The third kappa shape index (κ3) is 4.27. The Morgan fingerprint density at radius 1 is 1.29 bits per heavy atom. The molecule has 2 heterocycles. The van der Waals surface area contributed by atoms with Crippen LogP contribution in [0.5, 0.6) is 5.75 Å². The second kappa shape index (κ2) is 8.66. The molecule has 9 nitrogen and oxygen atoms in total. The lowest BCUT2D eigenvalue weighted by molar-refractivity contribution is -0.134. The van der Waals surface area contributed by atoms with Crippen LogP contribution in [-0.2, 0) is 26.2 Å². The first-order valence-corrected chi connectivity index (χ1v) is 10.4. The van der Waals surface area contributed by atoms with Crippen LogP contribution in [0, 0.1) is 12.8 Å². The molecule has 1 saturated heterocycles. The summed E-state index contributed by atoms with van der Waals surface area (Å²) in [5, 5.41) is 7.13. The van der Waals surface area contributed by atoms with Gasteiger partial charge in [0.05, 0.1) is 18.9 Å². The molecule has 2 fully saturated rings. The van der Waals surface area contributed by atoms with Crippen molar-refractivity contribution in [2.75, 3.05) is 33.9 Å². The molecule has 0 radical (unpaired) electrons. The molecule has 0 unspecified atom stereocenters. The van der Waals surface area contributed by atoms with E-state index < -0.39 is 5.41 Å². The highest BCUT2D eigenvalue weighted by Crippen LogP contribution is 2.50. The number of rotatable bonds is 7. The molecular formula is C22H28N4O5. The van der Waals surface area contributed by atoms with Crippen LogP contribution in [0.15, 0.2) is 28.8 Å². The number of aryl methyl sites for hydroxylation is 1. The summed E-state index contributed by atoms with van der Waals surface area (Å²) >= 11 is 0. The van der Waals surface area contributed by atoms with E-state index in [2.05, 4.69) is 15.5 Å². The molecule has 1 saturated carbocycles. The maximum Gasteiger partial charge on any atom is 0.248 e. The number of nitrogens with zero attached hydrogens (tertiary/aromatic N) is 3. The molecule has 0 bridgehead atoms. The van der Waals surface area contributed by atoms with Gasteiger partial charge in [0, 0.05) is 26.2 Å². The Labute approximate surface area is 181 Å². The average Bonchev–Trinajstić information content (AvgIpc) is 3.41. The van der Waals surface area contributed by atoms with Crippen LogP contribution < -0.4 is 10.1 Å². The van der Waals surface area contributed by atoms with Gasteiger partial charge in [-0.25, -0.2) is 0 Å². The summed E-state index contributed by atoms with van der Waals surface area (Å²) in [6.45, 7) is 2.92. The Bertz CT molecular complexity index is 944. The number of amides is 2. The monoisotopic (exact) mass is 428 g/mol. The zero-order valence-electron chi connectivity index (χ0n) is 18.1. The van der Waals surface area contributed by atoms with Gasteiger partial charge < -0.3 is 24.2 Å². The fraction of sp³-hybridized carbons (Fsp3) is 0.545. The summed E-state index contributed by atoms with van der Waals surface area (Å²) in [6, 6.07) is 7.47. The SMILES string of the molecule is COCC(=O)N1C[C@@H]2C[C@@H](NC(=O)Cc3ccc(OC)cc3)C[C@]2(c2nc(C)no2)C1. The Balaban J connectivity index is 1.45. The molecule has 2 aliphatic rings. The largest absolute Gasteiger partial charge is 0.497 e. The van der Waals surface area contributed by atoms with Gasteiger partial charge >= 0.3 is 0 Å². The fourth-order valence-electron chi connectivity index (χ4n) is 4.92. The number of ether oxygens (including phenoxy) is 2. The van der Waals surface area contributed by atoms with Gasteiger partial charge in [0.15, 0.2) is 5.82 Å². The molecule has 166 valence electrons. The normalized spacial score (nSPS) is 24.8. The number of hydrogen-bond donors (Lipinski definition) is 1. The second-order valence-electron chi connectivity index (χ2n) is 8.44. The Morgan fingerprint density at radius 3 is 2.71 bits per heavy atom. The van der Waals surface area contributed by atoms with E-state index in [0.29, 0.717) is 37.6 Å². The van der Waals surface area contributed by atoms with Crippen LogP contribution in [0.4, 0.5) is 0 Å². The molecule has 1 aromatic carbocycles. The molecule has 0 spiro atoms. The summed E-state index contributed by atoms with van der Waals surface area (Å²) in [4.78, 5) is 31.4. The van der Waals surface area contributed by atoms with E-state index in [0.717, 1.165) is 17.7 Å². The Morgan fingerprint density at radius 2 is 2.06 bits per heavy atom. The fourth-order valence-corrected chi connectivity index (χ4v) is 4.92. The number of likely N-dealkylation sites (tertiary alicyclic amines) is 1. The highest BCUT2D eigenvalue weighted by Gasteiger charge is 2.58. The summed E-state index contributed by atoms with van der Waals surface area (Å²) in [5.41, 5.74) is 0.484. The number of nitrogens with one attached hydrogen (secondary N) is 1. The third-order valence-electron chi connectivity index (χ3n) is 6.34. The van der Waals surface area contributed by atoms with E-state index in [1.54, 1.807) is 14.0 Å². The average molecular weight is 428 g/mol. The van der Waals surface area contributed by atoms with Crippen molar-refractivity contribution in [1.82, 2.24) is 20.4 Å². The van der Waals surface area contributed by atoms with Gasteiger partial charge in [0.25, 0.3) is 0 Å². The molecule has 1 aliphatic carbocycles. The van der Waals surface area contributed by atoms with Crippen molar-refractivity contribution in [2.45, 2.75) is 37.6 Å². The first-order chi connectivity index (χ1) is 14.9. The first-order valence-electron chi connectivity index (χ1n) is 10.4. The molecule has 1 aromatic heterocycles. The molecule has 3 atom stereocenters. The standard InChI is InChI=1S/C22H28N4O5/c1-14-23-21(31-25-14)22-10-17(9-16(22)11-26(13-22)20(28)12-29-2)24-19(27)8-15-4-6-18(30-3)7-5-15/h4-7,16-17H,8-13H2,1-3H3,(H,24,27)/t16-,17+,22-/m0/s1. The number of aromatic nitrogens is 2. The number of fused-ring (bicyclic) bond motifs is 1. The van der Waals surface area contributed by atoms with Gasteiger partial charge in [-0.2, -0.15) is 4.98 Å². The van der Waals surface area contributed by atoms with Crippen molar-refractivity contribution in [3.63, 3.8) is 0 Å². The van der Waals surface area contributed by atoms with Gasteiger partial charge in [0.1, 0.15) is 12.4 Å². The van der Waals surface area contributed by atoms with Crippen LogP contribution in [0.25, 0.3) is 0 Å². The van der Waals surface area contributed by atoms with Crippen molar-refractivity contribution in [1.29, 1.82) is 0 Å². The number of hydrogen-bond acceptors (Lipinski definition) is 7. The minimum Gasteiger partial charge on any atom is -0.497 e. The van der Waals surface area contributed by atoms with Crippen molar-refractivity contribution in [3.05, 3.63) is 41.5 Å². The highest BCUT2D eigenvalue weighted by atomic mass is 16.5. The topological polar surface area (TPSA) is 107 Å². The highest BCUT2D eigenvalue weighted by molar-refractivity contribution is 5.79. The number of benzene rings is 1. The minimum absolute atomic E-state index is 0.0115. The van der Waals surface area contributed by atoms with E-state index in [1.807, 2.05) is 29.2 Å². The number of carbonyl (C=O) groups is 2. The van der Waals surface area contributed by atoms with Gasteiger partial charge in [-0.05, 0) is 43.4 Å². The Kier molecular flexibility index (Phi) is 5.95. The molecule has 31 heavy (non-hydrogen) atoms. The molecule has 1 aliphatic heterocycles. The van der Waals surface area contributed by atoms with Crippen LogP contribution in [0.1, 0.15) is 30.1 Å². The van der Waals surface area contributed by atoms with E-state index in [9.17, 15) is 9.59 Å². The molecule has 1 N–H and O–H groups in total. The lowest BCUT2D eigenvalue weighted by atomic mass is 9.80. The van der Waals surface area contributed by atoms with Crippen molar-refractivity contribution < 1.29 is 23.6 Å². The van der Waals surface area contributed by atoms with Gasteiger partial charge in [-0.3, -0.25) is 9.59 Å². The first kappa shape index (κ1) is 21.3. The number of carbonyl (C=O) groups excluding carboxylic acids is 2. The quantitative estimate of drug-likeness (QED) is 0.707. The third-order valence-corrected chi connectivity index (χ3v) is 6.34. The molecule has 9 heteroatoms. The smallest absolute Gasteiger partial charge is 0.248 e. The molecule has 2 aromatic rings. The summed E-state index contributed by atoms with van der Waals surface area (Å²) in [5.74, 6) is 1.94.